The van der Waals surface area contributed by atoms with E-state index >= 15 is 0 Å². The number of hydrogen-bond donors (Lipinski definition) is 1. The second-order valence-electron chi connectivity index (χ2n) is 6.70. The van der Waals surface area contributed by atoms with Gasteiger partial charge in [-0.3, -0.25) is 4.79 Å². The normalized spacial score (nSPS) is 21.0. The van der Waals surface area contributed by atoms with E-state index in [1.807, 2.05) is 38.1 Å². The van der Waals surface area contributed by atoms with Crippen LogP contribution in [-0.2, 0) is 4.79 Å². The van der Waals surface area contributed by atoms with Gasteiger partial charge >= 0.3 is 6.18 Å². The Bertz CT molecular complexity index is 574. The van der Waals surface area contributed by atoms with Gasteiger partial charge in [-0.2, -0.15) is 13.2 Å². The highest BCUT2D eigenvalue weighted by atomic mass is 19.4. The highest BCUT2D eigenvalue weighted by Crippen LogP contribution is 2.41. The summed E-state index contributed by atoms with van der Waals surface area (Å²) in [6.45, 7) is 5.75. The maximum atomic E-state index is 13.1. The number of rotatable bonds is 6. The summed E-state index contributed by atoms with van der Waals surface area (Å²) < 4.78 is 39.4. The molecule has 2 atom stereocenters. The maximum Gasteiger partial charge on any atom is 0.392 e. The first-order valence-electron chi connectivity index (χ1n) is 8.99. The van der Waals surface area contributed by atoms with Crippen LogP contribution < -0.4 is 10.2 Å². The summed E-state index contributed by atoms with van der Waals surface area (Å²) in [6.07, 6.45) is -2.67. The third kappa shape index (κ3) is 5.13. The van der Waals surface area contributed by atoms with Crippen molar-refractivity contribution < 1.29 is 18.0 Å². The molecule has 2 rings (SSSR count). The molecule has 1 fully saturated rings. The number of likely N-dealkylation sites (N-methyl/N-ethyl adjacent to an activating group) is 1. The van der Waals surface area contributed by atoms with E-state index in [1.165, 1.54) is 0 Å². The molecule has 0 radical (unpaired) electrons. The van der Waals surface area contributed by atoms with Crippen LogP contribution in [0.1, 0.15) is 38.2 Å². The Balaban J connectivity index is 1.91. The molecule has 25 heavy (non-hydrogen) atoms. The molecule has 0 spiro atoms. The number of nitrogens with zero attached hydrogens (tertiary/aromatic N) is 1. The van der Waals surface area contributed by atoms with Crippen molar-refractivity contribution in [3.05, 3.63) is 29.8 Å². The largest absolute Gasteiger partial charge is 0.392 e. The van der Waals surface area contributed by atoms with E-state index < -0.39 is 23.9 Å². The maximum absolute atomic E-state index is 13.1. The number of amides is 1. The zero-order valence-electron chi connectivity index (χ0n) is 14.9. The third-order valence-electron chi connectivity index (χ3n) is 5.04. The number of aryl methyl sites for hydroxylation is 1. The fraction of sp³-hybridized carbons (Fsp3) is 0.632. The molecule has 1 N–H and O–H groups in total. The molecular formula is C19H27F3N2O. The van der Waals surface area contributed by atoms with Crippen LogP contribution >= 0.6 is 0 Å². The molecular weight excluding hydrogens is 329 g/mol. The Morgan fingerprint density at radius 2 is 1.92 bits per heavy atom. The molecule has 0 bridgehead atoms. The molecule has 1 aromatic carbocycles. The SMILES string of the molecule is CCN(CCNC(=O)C1CCCCC1C(F)(F)F)c1ccccc1C. The molecule has 1 amide bonds. The summed E-state index contributed by atoms with van der Waals surface area (Å²) in [4.78, 5) is 14.4. The minimum Gasteiger partial charge on any atom is -0.370 e. The van der Waals surface area contributed by atoms with Crippen LogP contribution in [0.5, 0.6) is 0 Å². The summed E-state index contributed by atoms with van der Waals surface area (Å²) in [7, 11) is 0. The van der Waals surface area contributed by atoms with Gasteiger partial charge in [0.15, 0.2) is 0 Å². The van der Waals surface area contributed by atoms with Crippen molar-refractivity contribution in [3.63, 3.8) is 0 Å². The molecule has 0 heterocycles. The van der Waals surface area contributed by atoms with E-state index in [4.69, 9.17) is 0 Å². The zero-order chi connectivity index (χ0) is 18.4. The van der Waals surface area contributed by atoms with Gasteiger partial charge in [0.25, 0.3) is 0 Å². The number of hydrogen-bond acceptors (Lipinski definition) is 2. The minimum atomic E-state index is -4.29. The van der Waals surface area contributed by atoms with Gasteiger partial charge in [0.1, 0.15) is 0 Å². The van der Waals surface area contributed by atoms with E-state index in [1.54, 1.807) is 0 Å². The Hall–Kier alpha value is -1.72. The molecule has 140 valence electrons. The average Bonchev–Trinajstić information content (AvgIpc) is 2.59. The monoisotopic (exact) mass is 356 g/mol. The number of halogens is 3. The third-order valence-corrected chi connectivity index (χ3v) is 5.04. The Morgan fingerprint density at radius 3 is 2.56 bits per heavy atom. The van der Waals surface area contributed by atoms with E-state index in [0.29, 0.717) is 32.4 Å². The van der Waals surface area contributed by atoms with Crippen molar-refractivity contribution in [2.24, 2.45) is 11.8 Å². The van der Waals surface area contributed by atoms with Gasteiger partial charge in [0.2, 0.25) is 5.91 Å². The molecule has 1 aromatic rings. The summed E-state index contributed by atoms with van der Waals surface area (Å²) >= 11 is 0. The molecule has 1 saturated carbocycles. The smallest absolute Gasteiger partial charge is 0.370 e. The average molecular weight is 356 g/mol. The molecule has 0 saturated heterocycles. The van der Waals surface area contributed by atoms with Crippen molar-refractivity contribution in [1.82, 2.24) is 5.32 Å². The Kier molecular flexibility index (Phi) is 6.73. The number of anilines is 1. The van der Waals surface area contributed by atoms with Crippen molar-refractivity contribution in [1.29, 1.82) is 0 Å². The van der Waals surface area contributed by atoms with Crippen LogP contribution in [-0.4, -0.2) is 31.7 Å². The molecule has 6 heteroatoms. The predicted octanol–water partition coefficient (Wildman–Crippen LogP) is 4.31. The number of para-hydroxylation sites is 1. The van der Waals surface area contributed by atoms with Gasteiger partial charge in [-0.1, -0.05) is 31.0 Å². The van der Waals surface area contributed by atoms with Crippen molar-refractivity contribution in [2.45, 2.75) is 45.7 Å². The summed E-state index contributed by atoms with van der Waals surface area (Å²) in [5, 5.41) is 2.73. The van der Waals surface area contributed by atoms with Crippen LogP contribution in [0.4, 0.5) is 18.9 Å². The number of carbonyl (C=O) groups is 1. The summed E-state index contributed by atoms with van der Waals surface area (Å²) in [6, 6.07) is 7.96. The molecule has 2 unspecified atom stereocenters. The van der Waals surface area contributed by atoms with Crippen molar-refractivity contribution in [2.75, 3.05) is 24.5 Å². The van der Waals surface area contributed by atoms with E-state index in [2.05, 4.69) is 10.2 Å². The summed E-state index contributed by atoms with van der Waals surface area (Å²) in [5.41, 5.74) is 2.23. The van der Waals surface area contributed by atoms with Crippen LogP contribution in [0.2, 0.25) is 0 Å². The van der Waals surface area contributed by atoms with Crippen molar-refractivity contribution in [3.8, 4) is 0 Å². The van der Waals surface area contributed by atoms with Gasteiger partial charge in [-0.05, 0) is 38.3 Å². The fourth-order valence-corrected chi connectivity index (χ4v) is 3.65. The number of nitrogens with one attached hydrogen (secondary N) is 1. The minimum absolute atomic E-state index is 0.0614. The molecule has 1 aliphatic carbocycles. The number of carbonyl (C=O) groups excluding carboxylic acids is 1. The van der Waals surface area contributed by atoms with Crippen LogP contribution in [0, 0.1) is 18.8 Å². The van der Waals surface area contributed by atoms with Crippen LogP contribution in [0.3, 0.4) is 0 Å². The van der Waals surface area contributed by atoms with E-state index in [-0.39, 0.29) is 6.42 Å². The second kappa shape index (κ2) is 8.59. The molecule has 0 aromatic heterocycles. The van der Waals surface area contributed by atoms with Crippen molar-refractivity contribution >= 4 is 11.6 Å². The lowest BCUT2D eigenvalue weighted by atomic mass is 9.78. The molecule has 1 aliphatic rings. The number of alkyl halides is 3. The first-order valence-corrected chi connectivity index (χ1v) is 8.99. The number of benzene rings is 1. The van der Waals surface area contributed by atoms with Crippen LogP contribution in [0.25, 0.3) is 0 Å². The Labute approximate surface area is 147 Å². The zero-order valence-corrected chi connectivity index (χ0v) is 14.9. The van der Waals surface area contributed by atoms with E-state index in [9.17, 15) is 18.0 Å². The Morgan fingerprint density at radius 1 is 1.24 bits per heavy atom. The highest BCUT2D eigenvalue weighted by Gasteiger charge is 2.47. The lowest BCUT2D eigenvalue weighted by Gasteiger charge is -2.32. The highest BCUT2D eigenvalue weighted by molar-refractivity contribution is 5.79. The first-order chi connectivity index (χ1) is 11.8. The summed E-state index contributed by atoms with van der Waals surface area (Å²) in [5.74, 6) is -2.90. The molecule has 0 aliphatic heterocycles. The quantitative estimate of drug-likeness (QED) is 0.824. The fourth-order valence-electron chi connectivity index (χ4n) is 3.65. The van der Waals surface area contributed by atoms with Gasteiger partial charge in [-0.15, -0.1) is 0 Å². The predicted molar refractivity (Wildman–Crippen MR) is 93.6 cm³/mol. The molecule has 3 nitrogen and oxygen atoms in total. The lowest BCUT2D eigenvalue weighted by molar-refractivity contribution is -0.198. The van der Waals surface area contributed by atoms with Gasteiger partial charge in [0, 0.05) is 31.2 Å². The first kappa shape index (κ1) is 19.6. The van der Waals surface area contributed by atoms with E-state index in [0.717, 1.165) is 17.8 Å². The topological polar surface area (TPSA) is 32.3 Å². The standard InChI is InChI=1S/C19H27F3N2O/c1-3-24(17-11-7-4-8-14(17)2)13-12-23-18(25)15-9-5-6-10-16(15)19(20,21)22/h4,7-8,11,15-16H,3,5-6,9-10,12-13H2,1-2H3,(H,23,25). The van der Waals surface area contributed by atoms with Crippen LogP contribution in [0.15, 0.2) is 24.3 Å². The van der Waals surface area contributed by atoms with Gasteiger partial charge in [0.05, 0.1) is 5.92 Å². The van der Waals surface area contributed by atoms with Gasteiger partial charge in [-0.25, -0.2) is 0 Å². The lowest BCUT2D eigenvalue weighted by Crippen LogP contribution is -2.44. The van der Waals surface area contributed by atoms with Gasteiger partial charge < -0.3 is 10.2 Å². The second-order valence-corrected chi connectivity index (χ2v) is 6.70.